The molecule has 0 saturated carbocycles. The third-order valence-electron chi connectivity index (χ3n) is 2.94. The number of anilines is 1. The van der Waals surface area contributed by atoms with Crippen molar-refractivity contribution in [3.8, 4) is 0 Å². The number of carbonyl (C=O) groups excluding carboxylic acids is 2. The molecule has 0 saturated heterocycles. The lowest BCUT2D eigenvalue weighted by Gasteiger charge is -2.15. The molecule has 0 spiro atoms. The number of hydrogen-bond acceptors (Lipinski definition) is 9. The van der Waals surface area contributed by atoms with Crippen LogP contribution < -0.4 is 10.8 Å². The summed E-state index contributed by atoms with van der Waals surface area (Å²) in [5.41, 5.74) is 0.117. The van der Waals surface area contributed by atoms with Gasteiger partial charge in [-0.2, -0.15) is 0 Å². The van der Waals surface area contributed by atoms with Crippen LogP contribution in [0.1, 0.15) is 5.56 Å². The second-order valence-electron chi connectivity index (χ2n) is 4.41. The topological polar surface area (TPSA) is 138 Å². The van der Waals surface area contributed by atoms with Crippen LogP contribution in [0, 0.1) is 5.41 Å². The molecule has 0 atom stereocenters. The first-order valence-electron chi connectivity index (χ1n) is 6.62. The van der Waals surface area contributed by atoms with Crippen LogP contribution in [-0.2, 0) is 23.8 Å². The van der Waals surface area contributed by atoms with Crippen LogP contribution >= 0.6 is 0 Å². The molecule has 0 fully saturated rings. The number of methoxy groups -OCH3 is 3. The Morgan fingerprint density at radius 3 is 2.33 bits per heavy atom. The van der Waals surface area contributed by atoms with E-state index >= 15 is 0 Å². The maximum atomic E-state index is 11.8. The number of nitrogens with one attached hydrogen (secondary N) is 2. The minimum Gasteiger partial charge on any atom is -0.481 e. The predicted molar refractivity (Wildman–Crippen MR) is 85.8 cm³/mol. The van der Waals surface area contributed by atoms with Gasteiger partial charge in [-0.1, -0.05) is 6.07 Å². The van der Waals surface area contributed by atoms with Gasteiger partial charge < -0.3 is 29.6 Å². The van der Waals surface area contributed by atoms with Crippen LogP contribution in [-0.4, -0.2) is 56.3 Å². The molecule has 0 heterocycles. The summed E-state index contributed by atoms with van der Waals surface area (Å²) in [5.74, 6) is -1.85. The Hall–Kier alpha value is -2.85. The summed E-state index contributed by atoms with van der Waals surface area (Å²) in [6.07, 6.45) is 0.855. The standard InChI is InChI=1S/C14H17BN2O7/c1-22-12(18)7-11(14(19)24-3)17-10-6-8(13(16)23-2)4-5-9(10)15(20)21/h4-7,16-17,20-21H,1-3H3/b11-7+,16-13?. The number of rotatable bonds is 6. The number of hydrogen-bond donors (Lipinski definition) is 4. The molecule has 0 aliphatic heterocycles. The fraction of sp³-hybridized carbons (Fsp3) is 0.214. The molecule has 0 amide bonds. The highest BCUT2D eigenvalue weighted by molar-refractivity contribution is 6.60. The van der Waals surface area contributed by atoms with E-state index in [2.05, 4.69) is 14.8 Å². The Morgan fingerprint density at radius 2 is 1.83 bits per heavy atom. The molecule has 0 aliphatic carbocycles. The molecule has 1 aromatic carbocycles. The van der Waals surface area contributed by atoms with Crippen molar-refractivity contribution in [2.45, 2.75) is 0 Å². The molecular formula is C14H17BN2O7. The molecular weight excluding hydrogens is 319 g/mol. The molecule has 1 aromatic rings. The normalized spacial score (nSPS) is 10.6. The number of carbonyl (C=O) groups is 2. The van der Waals surface area contributed by atoms with Gasteiger partial charge in [0.05, 0.1) is 27.4 Å². The van der Waals surface area contributed by atoms with Crippen molar-refractivity contribution in [2.24, 2.45) is 0 Å². The first-order chi connectivity index (χ1) is 11.3. The van der Waals surface area contributed by atoms with Gasteiger partial charge in [0.1, 0.15) is 5.70 Å². The summed E-state index contributed by atoms with van der Waals surface area (Å²) in [6, 6.07) is 4.13. The van der Waals surface area contributed by atoms with Gasteiger partial charge in [0.15, 0.2) is 0 Å². The molecule has 0 aliphatic rings. The largest absolute Gasteiger partial charge is 0.490 e. The van der Waals surface area contributed by atoms with Crippen molar-refractivity contribution in [3.63, 3.8) is 0 Å². The maximum Gasteiger partial charge on any atom is 0.490 e. The lowest BCUT2D eigenvalue weighted by molar-refractivity contribution is -0.138. The van der Waals surface area contributed by atoms with Gasteiger partial charge in [0.2, 0.25) is 5.90 Å². The summed E-state index contributed by atoms with van der Waals surface area (Å²) in [6.45, 7) is 0. The lowest BCUT2D eigenvalue weighted by Crippen LogP contribution is -2.33. The molecule has 10 heteroatoms. The number of benzene rings is 1. The molecule has 0 unspecified atom stereocenters. The van der Waals surface area contributed by atoms with Crippen molar-refractivity contribution < 1.29 is 33.8 Å². The molecule has 24 heavy (non-hydrogen) atoms. The van der Waals surface area contributed by atoms with Gasteiger partial charge in [-0.05, 0) is 12.1 Å². The Labute approximate surface area is 138 Å². The van der Waals surface area contributed by atoms with Crippen LogP contribution in [0.15, 0.2) is 30.0 Å². The molecule has 1 rings (SSSR count). The number of esters is 2. The average molecular weight is 336 g/mol. The van der Waals surface area contributed by atoms with E-state index in [1.807, 2.05) is 0 Å². The van der Waals surface area contributed by atoms with E-state index in [0.29, 0.717) is 5.56 Å². The minimum atomic E-state index is -1.85. The molecule has 0 aromatic heterocycles. The van der Waals surface area contributed by atoms with Gasteiger partial charge in [-0.25, -0.2) is 9.59 Å². The Morgan fingerprint density at radius 1 is 1.17 bits per heavy atom. The first-order valence-corrected chi connectivity index (χ1v) is 6.62. The van der Waals surface area contributed by atoms with Crippen LogP contribution in [0.3, 0.4) is 0 Å². The second kappa shape index (κ2) is 8.70. The summed E-state index contributed by atoms with van der Waals surface area (Å²) in [7, 11) is 1.71. The van der Waals surface area contributed by atoms with Crippen molar-refractivity contribution in [1.82, 2.24) is 0 Å². The zero-order valence-corrected chi connectivity index (χ0v) is 13.3. The summed E-state index contributed by atoms with van der Waals surface area (Å²) < 4.78 is 13.8. The van der Waals surface area contributed by atoms with Crippen LogP contribution in [0.2, 0.25) is 0 Å². The van der Waals surface area contributed by atoms with E-state index in [-0.39, 0.29) is 22.7 Å². The second-order valence-corrected chi connectivity index (χ2v) is 4.41. The highest BCUT2D eigenvalue weighted by Crippen LogP contribution is 2.14. The Balaban J connectivity index is 3.34. The van der Waals surface area contributed by atoms with Crippen LogP contribution in [0.4, 0.5) is 5.69 Å². The van der Waals surface area contributed by atoms with Crippen molar-refractivity contribution >= 4 is 36.1 Å². The van der Waals surface area contributed by atoms with Gasteiger partial charge in [0, 0.05) is 16.7 Å². The molecule has 0 radical (unpaired) electrons. The quantitative estimate of drug-likeness (QED) is 0.170. The molecule has 4 N–H and O–H groups in total. The first kappa shape index (κ1) is 19.2. The van der Waals surface area contributed by atoms with E-state index in [1.165, 1.54) is 25.3 Å². The SMILES string of the molecule is COC(=N)c1ccc(B(O)O)c(N/C(=C/C(=O)OC)C(=O)OC)c1. The fourth-order valence-electron chi connectivity index (χ4n) is 1.73. The monoisotopic (exact) mass is 336 g/mol. The molecule has 0 bridgehead atoms. The highest BCUT2D eigenvalue weighted by Gasteiger charge is 2.21. The van der Waals surface area contributed by atoms with E-state index in [9.17, 15) is 19.6 Å². The van der Waals surface area contributed by atoms with E-state index in [4.69, 9.17) is 10.1 Å². The average Bonchev–Trinajstić information content (AvgIpc) is 2.59. The predicted octanol–water partition coefficient (Wildman–Crippen LogP) is -1.02. The summed E-state index contributed by atoms with van der Waals surface area (Å²) >= 11 is 0. The fourth-order valence-corrected chi connectivity index (χ4v) is 1.73. The summed E-state index contributed by atoms with van der Waals surface area (Å²) in [4.78, 5) is 23.1. The smallest absolute Gasteiger partial charge is 0.481 e. The van der Waals surface area contributed by atoms with Gasteiger partial charge >= 0.3 is 19.1 Å². The van der Waals surface area contributed by atoms with E-state index in [0.717, 1.165) is 20.3 Å². The third kappa shape index (κ3) is 4.83. The lowest BCUT2D eigenvalue weighted by atomic mass is 9.78. The zero-order chi connectivity index (χ0) is 18.3. The zero-order valence-electron chi connectivity index (χ0n) is 13.3. The number of ether oxygens (including phenoxy) is 3. The Kier molecular flexibility index (Phi) is 6.96. The summed E-state index contributed by atoms with van der Waals surface area (Å²) in [5, 5.41) is 29.1. The molecule has 128 valence electrons. The van der Waals surface area contributed by atoms with Gasteiger partial charge in [0.25, 0.3) is 0 Å². The maximum absolute atomic E-state index is 11.8. The van der Waals surface area contributed by atoms with Crippen molar-refractivity contribution in [2.75, 3.05) is 26.6 Å². The van der Waals surface area contributed by atoms with Crippen molar-refractivity contribution in [1.29, 1.82) is 5.41 Å². The third-order valence-corrected chi connectivity index (χ3v) is 2.94. The van der Waals surface area contributed by atoms with Crippen LogP contribution in [0.25, 0.3) is 0 Å². The highest BCUT2D eigenvalue weighted by atomic mass is 16.5. The van der Waals surface area contributed by atoms with Crippen molar-refractivity contribution in [3.05, 3.63) is 35.5 Å². The van der Waals surface area contributed by atoms with E-state index in [1.54, 1.807) is 0 Å². The Bertz CT molecular complexity index is 673. The minimum absolute atomic E-state index is 0.0160. The van der Waals surface area contributed by atoms with Gasteiger partial charge in [-0.15, -0.1) is 0 Å². The van der Waals surface area contributed by atoms with E-state index < -0.39 is 19.1 Å². The van der Waals surface area contributed by atoms with Crippen LogP contribution in [0.5, 0.6) is 0 Å². The molecule has 9 nitrogen and oxygen atoms in total. The van der Waals surface area contributed by atoms with Gasteiger partial charge in [-0.3, -0.25) is 5.41 Å².